The van der Waals surface area contributed by atoms with E-state index in [2.05, 4.69) is 20.7 Å². The minimum atomic E-state index is -0.175. The van der Waals surface area contributed by atoms with Crippen LogP contribution in [0.3, 0.4) is 0 Å². The zero-order valence-electron chi connectivity index (χ0n) is 8.60. The number of hydrogen-bond donors (Lipinski definition) is 1. The maximum Gasteiger partial charge on any atom is 0.128 e. The van der Waals surface area contributed by atoms with Gasteiger partial charge in [0.15, 0.2) is 0 Å². The second-order valence-electron chi connectivity index (χ2n) is 2.26. The van der Waals surface area contributed by atoms with E-state index in [1.807, 2.05) is 26.2 Å². The van der Waals surface area contributed by atoms with Gasteiger partial charge in [-0.1, -0.05) is 47.8 Å². The minimum Gasteiger partial charge on any atom is -0.260 e. The third-order valence-electron chi connectivity index (χ3n) is 1.42. The van der Waals surface area contributed by atoms with Crippen LogP contribution in [-0.2, 0) is 6.54 Å². The Morgan fingerprint density at radius 2 is 2.07 bits per heavy atom. The highest BCUT2D eigenvalue weighted by atomic mass is 79.9. The van der Waals surface area contributed by atoms with Crippen LogP contribution in [0.2, 0.25) is 0 Å². The van der Waals surface area contributed by atoms with E-state index in [0.717, 1.165) is 4.47 Å². The Bertz CT molecular complexity index is 268. The van der Waals surface area contributed by atoms with Crippen LogP contribution >= 0.6 is 27.9 Å². The average molecular weight is 280 g/mol. The lowest BCUT2D eigenvalue weighted by molar-refractivity contribution is 0.607. The van der Waals surface area contributed by atoms with E-state index in [1.54, 1.807) is 6.07 Å². The van der Waals surface area contributed by atoms with Crippen molar-refractivity contribution in [1.82, 2.24) is 4.72 Å². The van der Waals surface area contributed by atoms with Gasteiger partial charge in [0.25, 0.3) is 0 Å². The minimum absolute atomic E-state index is 0.175. The summed E-state index contributed by atoms with van der Waals surface area (Å²) in [5.41, 5.74) is 0.688. The van der Waals surface area contributed by atoms with Crippen molar-refractivity contribution >= 4 is 27.9 Å². The number of hydrogen-bond acceptors (Lipinski definition) is 2. The second kappa shape index (κ2) is 8.26. The van der Waals surface area contributed by atoms with E-state index < -0.39 is 0 Å². The molecule has 0 saturated heterocycles. The molecule has 0 aliphatic carbocycles. The summed E-state index contributed by atoms with van der Waals surface area (Å²) in [6, 6.07) is 5.07. The van der Waals surface area contributed by atoms with Crippen LogP contribution in [0.4, 0.5) is 4.39 Å². The Labute approximate surface area is 97.7 Å². The number of nitrogens with one attached hydrogen (secondary N) is 1. The molecule has 1 rings (SSSR count). The fourth-order valence-electron chi connectivity index (χ4n) is 0.815. The van der Waals surface area contributed by atoms with Crippen LogP contribution in [0.5, 0.6) is 0 Å². The summed E-state index contributed by atoms with van der Waals surface area (Å²) in [5, 5.41) is 0. The summed E-state index contributed by atoms with van der Waals surface area (Å²) >= 11 is 4.68. The van der Waals surface area contributed by atoms with Gasteiger partial charge in [-0.25, -0.2) is 4.39 Å². The Morgan fingerprint density at radius 3 is 2.57 bits per heavy atom. The molecular weight excluding hydrogens is 265 g/mol. The number of halogens is 2. The molecule has 0 aromatic heterocycles. The molecule has 0 radical (unpaired) electrons. The first-order chi connectivity index (χ1) is 6.74. The third kappa shape index (κ3) is 4.98. The molecule has 0 unspecified atom stereocenters. The van der Waals surface area contributed by atoms with Crippen molar-refractivity contribution in [3.05, 3.63) is 34.1 Å². The molecule has 1 nitrogen and oxygen atoms in total. The molecule has 0 heterocycles. The van der Waals surface area contributed by atoms with Gasteiger partial charge in [0.2, 0.25) is 0 Å². The lowest BCUT2D eigenvalue weighted by atomic mass is 10.2. The van der Waals surface area contributed by atoms with Gasteiger partial charge < -0.3 is 0 Å². The average Bonchev–Trinajstić information content (AvgIpc) is 2.20. The maximum atomic E-state index is 13.1. The molecule has 0 saturated carbocycles. The summed E-state index contributed by atoms with van der Waals surface area (Å²) in [5.74, 6) is -0.175. The van der Waals surface area contributed by atoms with Crippen molar-refractivity contribution in [2.75, 3.05) is 6.26 Å². The number of rotatable bonds is 3. The van der Waals surface area contributed by atoms with Gasteiger partial charge in [0.05, 0.1) is 0 Å². The van der Waals surface area contributed by atoms with Crippen molar-refractivity contribution in [3.8, 4) is 0 Å². The molecule has 1 aromatic rings. The van der Waals surface area contributed by atoms with Gasteiger partial charge in [0, 0.05) is 16.6 Å². The highest BCUT2D eigenvalue weighted by Crippen LogP contribution is 2.15. The quantitative estimate of drug-likeness (QED) is 0.840. The van der Waals surface area contributed by atoms with Gasteiger partial charge >= 0.3 is 0 Å². The second-order valence-corrected chi connectivity index (χ2v) is 3.87. The molecule has 0 aliphatic heterocycles. The molecule has 0 spiro atoms. The fraction of sp³-hybridized carbons (Fsp3) is 0.400. The van der Waals surface area contributed by atoms with E-state index in [4.69, 9.17) is 0 Å². The molecule has 0 fully saturated rings. The largest absolute Gasteiger partial charge is 0.260 e. The molecule has 80 valence electrons. The third-order valence-corrected chi connectivity index (χ3v) is 2.35. The summed E-state index contributed by atoms with van der Waals surface area (Å²) in [6.07, 6.45) is 1.91. The van der Waals surface area contributed by atoms with Gasteiger partial charge in [0.1, 0.15) is 5.82 Å². The van der Waals surface area contributed by atoms with E-state index >= 15 is 0 Å². The zero-order valence-corrected chi connectivity index (χ0v) is 11.0. The number of benzene rings is 1. The first-order valence-electron chi connectivity index (χ1n) is 4.44. The monoisotopic (exact) mass is 279 g/mol. The Balaban J connectivity index is 0.000000791. The molecule has 1 N–H and O–H groups in total. The van der Waals surface area contributed by atoms with Crippen molar-refractivity contribution in [3.63, 3.8) is 0 Å². The van der Waals surface area contributed by atoms with Crippen LogP contribution in [0.15, 0.2) is 22.7 Å². The Morgan fingerprint density at radius 1 is 1.43 bits per heavy atom. The molecule has 0 atom stereocenters. The summed E-state index contributed by atoms with van der Waals surface area (Å²) in [6.45, 7) is 4.56. The van der Waals surface area contributed by atoms with Gasteiger partial charge in [-0.05, 0) is 18.4 Å². The van der Waals surface area contributed by atoms with Crippen LogP contribution in [0, 0.1) is 5.82 Å². The van der Waals surface area contributed by atoms with Crippen LogP contribution < -0.4 is 4.72 Å². The lowest BCUT2D eigenvalue weighted by Crippen LogP contribution is -2.03. The van der Waals surface area contributed by atoms with Crippen molar-refractivity contribution in [1.29, 1.82) is 0 Å². The summed E-state index contributed by atoms with van der Waals surface area (Å²) < 4.78 is 16.9. The van der Waals surface area contributed by atoms with Crippen molar-refractivity contribution in [2.45, 2.75) is 20.4 Å². The van der Waals surface area contributed by atoms with Crippen molar-refractivity contribution in [2.24, 2.45) is 0 Å². The lowest BCUT2D eigenvalue weighted by Gasteiger charge is -2.02. The molecule has 4 heteroatoms. The van der Waals surface area contributed by atoms with E-state index in [-0.39, 0.29) is 5.82 Å². The highest BCUT2D eigenvalue weighted by Gasteiger charge is 2.00. The molecule has 0 bridgehead atoms. The predicted octanol–water partition coefficient (Wildman–Crippen LogP) is 3.98. The first-order valence-corrected chi connectivity index (χ1v) is 6.45. The predicted molar refractivity (Wildman–Crippen MR) is 65.8 cm³/mol. The van der Waals surface area contributed by atoms with Crippen LogP contribution in [0.1, 0.15) is 19.4 Å². The normalized spacial score (nSPS) is 9.21. The fourth-order valence-corrected chi connectivity index (χ4v) is 1.45. The van der Waals surface area contributed by atoms with Gasteiger partial charge in [-0.3, -0.25) is 4.72 Å². The van der Waals surface area contributed by atoms with Crippen LogP contribution in [0.25, 0.3) is 0 Å². The molecule has 0 aliphatic rings. The maximum absolute atomic E-state index is 13.1. The summed E-state index contributed by atoms with van der Waals surface area (Å²) in [7, 11) is 0. The van der Waals surface area contributed by atoms with E-state index in [9.17, 15) is 4.39 Å². The van der Waals surface area contributed by atoms with Gasteiger partial charge in [-0.2, -0.15) is 0 Å². The van der Waals surface area contributed by atoms with Crippen molar-refractivity contribution < 1.29 is 4.39 Å². The molecular formula is C10H15BrFNS. The topological polar surface area (TPSA) is 12.0 Å². The van der Waals surface area contributed by atoms with Crippen LogP contribution in [-0.4, -0.2) is 6.26 Å². The summed E-state index contributed by atoms with van der Waals surface area (Å²) in [4.78, 5) is 0. The molecule has 14 heavy (non-hydrogen) atoms. The standard InChI is InChI=1S/C8H9BrFNS.C2H6/c1-12-11-5-6-2-3-7(9)4-8(6)10;1-2/h2-4,11H,5H2,1H3;1-2H3. The van der Waals surface area contributed by atoms with Gasteiger partial charge in [-0.15, -0.1) is 0 Å². The zero-order chi connectivity index (χ0) is 11.0. The first kappa shape index (κ1) is 13.9. The molecule has 1 aromatic carbocycles. The van der Waals surface area contributed by atoms with E-state index in [1.165, 1.54) is 18.0 Å². The van der Waals surface area contributed by atoms with E-state index in [0.29, 0.717) is 12.1 Å². The SMILES string of the molecule is CC.CSNCc1ccc(Br)cc1F. The Kier molecular flexibility index (Phi) is 8.23. The molecule has 0 amide bonds. The smallest absolute Gasteiger partial charge is 0.128 e. The Hall–Kier alpha value is -0.0600. The highest BCUT2D eigenvalue weighted by molar-refractivity contribution is 9.10.